The molecule has 3 aromatic heterocycles. The standard InChI is InChI=1S/C17H14N4O3S/c1-10-8-9-18-17(16(10)21(23)24)20-15-5-3-4-12(19-15)14-7-6-13(25-14)11(2)22/h3-9H,1-2H3,(H,18,19,20). The Morgan fingerprint density at radius 3 is 2.72 bits per heavy atom. The number of thiophene rings is 1. The molecule has 0 atom stereocenters. The molecule has 0 aromatic carbocycles. The first-order chi connectivity index (χ1) is 12.0. The van der Waals surface area contributed by atoms with Gasteiger partial charge in [-0.05, 0) is 44.2 Å². The molecule has 0 radical (unpaired) electrons. The zero-order chi connectivity index (χ0) is 18.0. The lowest BCUT2D eigenvalue weighted by Gasteiger charge is -2.07. The molecule has 3 aromatic rings. The number of aryl methyl sites for hydroxylation is 1. The molecule has 3 heterocycles. The van der Waals surface area contributed by atoms with Gasteiger partial charge in [-0.25, -0.2) is 9.97 Å². The van der Waals surface area contributed by atoms with Crippen LogP contribution >= 0.6 is 11.3 Å². The van der Waals surface area contributed by atoms with E-state index in [-0.39, 0.29) is 17.3 Å². The maximum absolute atomic E-state index is 11.4. The maximum Gasteiger partial charge on any atom is 0.314 e. The molecule has 3 rings (SSSR count). The summed E-state index contributed by atoms with van der Waals surface area (Å²) in [6.45, 7) is 3.17. The molecule has 0 aliphatic rings. The van der Waals surface area contributed by atoms with Gasteiger partial charge in [0.05, 0.1) is 20.4 Å². The van der Waals surface area contributed by atoms with Gasteiger partial charge in [0.1, 0.15) is 5.82 Å². The van der Waals surface area contributed by atoms with Crippen molar-refractivity contribution in [3.8, 4) is 10.6 Å². The predicted octanol–water partition coefficient (Wildman–Crippen LogP) is 4.37. The fraction of sp³-hybridized carbons (Fsp3) is 0.118. The lowest BCUT2D eigenvalue weighted by Crippen LogP contribution is -2.02. The number of hydrogen-bond donors (Lipinski definition) is 1. The van der Waals surface area contributed by atoms with Gasteiger partial charge >= 0.3 is 5.69 Å². The largest absolute Gasteiger partial charge is 0.319 e. The Hall–Kier alpha value is -3.13. The number of Topliss-reactive ketones (excluding diaryl/α,β-unsaturated/α-hetero) is 1. The van der Waals surface area contributed by atoms with Crippen LogP contribution in [0.3, 0.4) is 0 Å². The second kappa shape index (κ2) is 6.78. The molecule has 0 saturated carbocycles. The van der Waals surface area contributed by atoms with Crippen molar-refractivity contribution in [3.05, 3.63) is 63.1 Å². The molecule has 0 aliphatic heterocycles. The van der Waals surface area contributed by atoms with E-state index < -0.39 is 4.92 Å². The van der Waals surface area contributed by atoms with Crippen LogP contribution in [0.25, 0.3) is 10.6 Å². The summed E-state index contributed by atoms with van der Waals surface area (Å²) in [5.74, 6) is 0.590. The van der Waals surface area contributed by atoms with Crippen molar-refractivity contribution in [2.75, 3.05) is 5.32 Å². The number of anilines is 2. The minimum Gasteiger partial charge on any atom is -0.319 e. The van der Waals surface area contributed by atoms with Crippen molar-refractivity contribution in [2.45, 2.75) is 13.8 Å². The number of carbonyl (C=O) groups excluding carboxylic acids is 1. The van der Waals surface area contributed by atoms with Crippen LogP contribution in [0.1, 0.15) is 22.2 Å². The van der Waals surface area contributed by atoms with Gasteiger partial charge in [0, 0.05) is 11.8 Å². The van der Waals surface area contributed by atoms with Crippen molar-refractivity contribution < 1.29 is 9.72 Å². The number of hydrogen-bond acceptors (Lipinski definition) is 7. The summed E-state index contributed by atoms with van der Waals surface area (Å²) >= 11 is 1.36. The summed E-state index contributed by atoms with van der Waals surface area (Å²) in [6.07, 6.45) is 1.51. The Kier molecular flexibility index (Phi) is 4.53. The molecule has 0 aliphatic carbocycles. The van der Waals surface area contributed by atoms with E-state index >= 15 is 0 Å². The van der Waals surface area contributed by atoms with Crippen molar-refractivity contribution >= 4 is 34.4 Å². The highest BCUT2D eigenvalue weighted by Gasteiger charge is 2.19. The molecule has 8 heteroatoms. The number of nitrogens with zero attached hydrogens (tertiary/aromatic N) is 3. The minimum absolute atomic E-state index is 0.00474. The van der Waals surface area contributed by atoms with Gasteiger partial charge in [0.25, 0.3) is 0 Å². The maximum atomic E-state index is 11.4. The van der Waals surface area contributed by atoms with Crippen molar-refractivity contribution in [1.82, 2.24) is 9.97 Å². The van der Waals surface area contributed by atoms with Gasteiger partial charge in [-0.3, -0.25) is 14.9 Å². The molecule has 25 heavy (non-hydrogen) atoms. The summed E-state index contributed by atoms with van der Waals surface area (Å²) in [5, 5.41) is 14.2. The Labute approximate surface area is 147 Å². The molecular formula is C17H14N4O3S. The van der Waals surface area contributed by atoms with Crippen molar-refractivity contribution in [1.29, 1.82) is 0 Å². The van der Waals surface area contributed by atoms with Crippen LogP contribution in [-0.4, -0.2) is 20.7 Å². The number of nitrogens with one attached hydrogen (secondary N) is 1. The highest BCUT2D eigenvalue weighted by Crippen LogP contribution is 2.30. The van der Waals surface area contributed by atoms with Crippen molar-refractivity contribution in [2.24, 2.45) is 0 Å². The normalized spacial score (nSPS) is 10.5. The SMILES string of the molecule is CC(=O)c1ccc(-c2cccc(Nc3nccc(C)c3[N+](=O)[O-])n2)s1. The average molecular weight is 354 g/mol. The number of rotatable bonds is 5. The molecule has 0 spiro atoms. The number of carbonyl (C=O) groups is 1. The van der Waals surface area contributed by atoms with Crippen LogP contribution in [0, 0.1) is 17.0 Å². The van der Waals surface area contributed by atoms with Gasteiger partial charge in [-0.1, -0.05) is 6.07 Å². The van der Waals surface area contributed by atoms with Gasteiger partial charge < -0.3 is 5.32 Å². The molecule has 0 amide bonds. The van der Waals surface area contributed by atoms with E-state index in [1.54, 1.807) is 31.2 Å². The first-order valence-electron chi connectivity index (χ1n) is 7.41. The smallest absolute Gasteiger partial charge is 0.314 e. The first kappa shape index (κ1) is 16.7. The minimum atomic E-state index is -0.465. The number of ketones is 1. The van der Waals surface area contributed by atoms with Crippen LogP contribution < -0.4 is 5.32 Å². The summed E-state index contributed by atoms with van der Waals surface area (Å²) in [7, 11) is 0. The molecule has 1 N–H and O–H groups in total. The molecule has 0 saturated heterocycles. The third kappa shape index (κ3) is 3.53. The monoisotopic (exact) mass is 354 g/mol. The van der Waals surface area contributed by atoms with Gasteiger partial charge in [-0.15, -0.1) is 11.3 Å². The van der Waals surface area contributed by atoms with E-state index in [0.29, 0.717) is 22.0 Å². The molecule has 126 valence electrons. The Bertz CT molecular complexity index is 968. The molecular weight excluding hydrogens is 340 g/mol. The van der Waals surface area contributed by atoms with Crippen LogP contribution in [0.15, 0.2) is 42.6 Å². The van der Waals surface area contributed by atoms with Gasteiger partial charge in [0.15, 0.2) is 5.78 Å². The lowest BCUT2D eigenvalue weighted by atomic mass is 10.2. The highest BCUT2D eigenvalue weighted by molar-refractivity contribution is 7.17. The second-order valence-electron chi connectivity index (χ2n) is 5.34. The second-order valence-corrected chi connectivity index (χ2v) is 6.42. The molecule has 0 bridgehead atoms. The van der Waals surface area contributed by atoms with E-state index in [9.17, 15) is 14.9 Å². The fourth-order valence-electron chi connectivity index (χ4n) is 2.30. The lowest BCUT2D eigenvalue weighted by molar-refractivity contribution is -0.384. The zero-order valence-electron chi connectivity index (χ0n) is 13.5. The van der Waals surface area contributed by atoms with Gasteiger partial charge in [0.2, 0.25) is 5.82 Å². The average Bonchev–Trinajstić information content (AvgIpc) is 3.05. The number of nitro groups is 1. The highest BCUT2D eigenvalue weighted by atomic mass is 32.1. The zero-order valence-corrected chi connectivity index (χ0v) is 14.3. The van der Waals surface area contributed by atoms with Gasteiger partial charge in [-0.2, -0.15) is 0 Å². The number of pyridine rings is 2. The van der Waals surface area contributed by atoms with Crippen LogP contribution in [0.5, 0.6) is 0 Å². The fourth-order valence-corrected chi connectivity index (χ4v) is 3.17. The van der Waals surface area contributed by atoms with Crippen LogP contribution in [-0.2, 0) is 0 Å². The Morgan fingerprint density at radius 2 is 2.04 bits per heavy atom. The Morgan fingerprint density at radius 1 is 1.24 bits per heavy atom. The number of aromatic nitrogens is 2. The topological polar surface area (TPSA) is 98.0 Å². The summed E-state index contributed by atoms with van der Waals surface area (Å²) in [4.78, 5) is 32.3. The van der Waals surface area contributed by atoms with E-state index in [0.717, 1.165) is 4.88 Å². The first-order valence-corrected chi connectivity index (χ1v) is 8.22. The quantitative estimate of drug-likeness (QED) is 0.415. The summed E-state index contributed by atoms with van der Waals surface area (Å²) in [6, 6.07) is 10.5. The third-order valence-electron chi connectivity index (χ3n) is 3.51. The predicted molar refractivity (Wildman–Crippen MR) is 96.5 cm³/mol. The summed E-state index contributed by atoms with van der Waals surface area (Å²) in [5.41, 5.74) is 1.12. The molecule has 0 unspecified atom stereocenters. The molecule has 0 fully saturated rings. The summed E-state index contributed by atoms with van der Waals surface area (Å²) < 4.78 is 0. The van der Waals surface area contributed by atoms with Crippen LogP contribution in [0.4, 0.5) is 17.3 Å². The van der Waals surface area contributed by atoms with E-state index in [4.69, 9.17) is 0 Å². The van der Waals surface area contributed by atoms with Crippen molar-refractivity contribution in [3.63, 3.8) is 0 Å². The van der Waals surface area contributed by atoms with Crippen LogP contribution in [0.2, 0.25) is 0 Å². The van der Waals surface area contributed by atoms with E-state index in [2.05, 4.69) is 15.3 Å². The van der Waals surface area contributed by atoms with E-state index in [1.807, 2.05) is 12.1 Å². The third-order valence-corrected chi connectivity index (χ3v) is 4.72. The Balaban J connectivity index is 1.94. The molecule has 7 nitrogen and oxygen atoms in total. The van der Waals surface area contributed by atoms with E-state index in [1.165, 1.54) is 24.5 Å².